The van der Waals surface area contributed by atoms with Crippen LogP contribution in [0.3, 0.4) is 0 Å². The van der Waals surface area contributed by atoms with Gasteiger partial charge in [-0.25, -0.2) is 0 Å². The largest absolute Gasteiger partial charge is 0.130 e. The summed E-state index contributed by atoms with van der Waals surface area (Å²) < 4.78 is 0. The summed E-state index contributed by atoms with van der Waals surface area (Å²) >= 11 is 1.78. The monoisotopic (exact) mass is 206 g/mol. The minimum atomic E-state index is 0.747. The van der Waals surface area contributed by atoms with Gasteiger partial charge in [-0.1, -0.05) is 38.1 Å². The van der Waals surface area contributed by atoms with Crippen molar-refractivity contribution in [3.05, 3.63) is 35.9 Å². The minimum absolute atomic E-state index is 0.747. The molecule has 0 aliphatic carbocycles. The van der Waals surface area contributed by atoms with Crippen molar-refractivity contribution in [2.75, 3.05) is 6.26 Å². The van der Waals surface area contributed by atoms with Crippen molar-refractivity contribution >= 4 is 17.8 Å². The van der Waals surface area contributed by atoms with Gasteiger partial charge >= 0.3 is 0 Å². The molecule has 0 amide bonds. The molecule has 0 aliphatic rings. The highest BCUT2D eigenvalue weighted by atomic mass is 32.2. The van der Waals surface area contributed by atoms with Crippen molar-refractivity contribution in [2.24, 2.45) is 5.92 Å². The molecule has 0 heterocycles. The summed E-state index contributed by atoms with van der Waals surface area (Å²) in [4.78, 5) is 1.33. The Morgan fingerprint density at radius 3 is 2.36 bits per heavy atom. The highest BCUT2D eigenvalue weighted by Crippen LogP contribution is 2.15. The Bertz CT molecular complexity index is 283. The summed E-state index contributed by atoms with van der Waals surface area (Å²) in [6, 6.07) is 8.67. The normalized spacial score (nSPS) is 11.4. The van der Waals surface area contributed by atoms with E-state index in [9.17, 15) is 0 Å². The van der Waals surface area contributed by atoms with E-state index in [-0.39, 0.29) is 0 Å². The lowest BCUT2D eigenvalue weighted by molar-refractivity contribution is 0.665. The Hall–Kier alpha value is -0.690. The molecule has 0 aromatic heterocycles. The molecule has 0 fully saturated rings. The zero-order valence-corrected chi connectivity index (χ0v) is 9.97. The van der Waals surface area contributed by atoms with Crippen LogP contribution < -0.4 is 0 Å². The van der Waals surface area contributed by atoms with Crippen LogP contribution in [0.1, 0.15) is 25.8 Å². The van der Waals surface area contributed by atoms with Gasteiger partial charge < -0.3 is 0 Å². The Kier molecular flexibility index (Phi) is 4.81. The van der Waals surface area contributed by atoms with Gasteiger partial charge in [-0.05, 0) is 36.3 Å². The second kappa shape index (κ2) is 5.92. The average Bonchev–Trinajstić information content (AvgIpc) is 2.18. The molecule has 0 nitrogen and oxygen atoms in total. The van der Waals surface area contributed by atoms with Crippen molar-refractivity contribution < 1.29 is 0 Å². The van der Waals surface area contributed by atoms with Crippen LogP contribution in [0.25, 0.3) is 6.08 Å². The molecule has 0 atom stereocenters. The van der Waals surface area contributed by atoms with Crippen LogP contribution in [0.15, 0.2) is 35.2 Å². The minimum Gasteiger partial charge on any atom is -0.130 e. The zero-order chi connectivity index (χ0) is 10.4. The van der Waals surface area contributed by atoms with Crippen LogP contribution >= 0.6 is 11.8 Å². The van der Waals surface area contributed by atoms with E-state index in [0.717, 1.165) is 12.3 Å². The van der Waals surface area contributed by atoms with Crippen molar-refractivity contribution in [1.29, 1.82) is 0 Å². The number of allylic oxidation sites excluding steroid dienone is 1. The summed E-state index contributed by atoms with van der Waals surface area (Å²) in [6.45, 7) is 4.47. The maximum absolute atomic E-state index is 2.25. The van der Waals surface area contributed by atoms with Crippen molar-refractivity contribution in [3.8, 4) is 0 Å². The summed E-state index contributed by atoms with van der Waals surface area (Å²) in [6.07, 6.45) is 7.71. The molecular formula is C13H18S. The van der Waals surface area contributed by atoms with E-state index in [0.29, 0.717) is 0 Å². The van der Waals surface area contributed by atoms with Crippen LogP contribution in [0.2, 0.25) is 0 Å². The zero-order valence-electron chi connectivity index (χ0n) is 9.16. The smallest absolute Gasteiger partial charge is 0.00695 e. The SMILES string of the molecule is CSc1ccc(/C=C\CC(C)C)cc1. The molecule has 1 aromatic rings. The number of hydrogen-bond donors (Lipinski definition) is 0. The van der Waals surface area contributed by atoms with Gasteiger partial charge in [-0.3, -0.25) is 0 Å². The quantitative estimate of drug-likeness (QED) is 0.655. The first kappa shape index (κ1) is 11.4. The van der Waals surface area contributed by atoms with Crippen LogP contribution in [0, 0.1) is 5.92 Å². The fraction of sp³-hybridized carbons (Fsp3) is 0.385. The number of hydrogen-bond acceptors (Lipinski definition) is 1. The molecule has 0 bridgehead atoms. The fourth-order valence-corrected chi connectivity index (χ4v) is 1.60. The molecule has 1 aromatic carbocycles. The third-order valence-corrected chi connectivity index (χ3v) is 2.78. The van der Waals surface area contributed by atoms with Gasteiger partial charge in [-0.15, -0.1) is 11.8 Å². The van der Waals surface area contributed by atoms with E-state index < -0.39 is 0 Å². The van der Waals surface area contributed by atoms with Crippen LogP contribution in [-0.2, 0) is 0 Å². The first-order valence-corrected chi connectivity index (χ1v) is 6.25. The topological polar surface area (TPSA) is 0 Å². The molecule has 0 saturated heterocycles. The Balaban J connectivity index is 2.55. The molecule has 0 saturated carbocycles. The highest BCUT2D eigenvalue weighted by Gasteiger charge is 1.90. The van der Waals surface area contributed by atoms with Crippen LogP contribution in [0.5, 0.6) is 0 Å². The molecule has 0 N–H and O–H groups in total. The summed E-state index contributed by atoms with van der Waals surface area (Å²) in [5, 5.41) is 0. The Morgan fingerprint density at radius 1 is 1.21 bits per heavy atom. The van der Waals surface area contributed by atoms with Crippen LogP contribution in [-0.4, -0.2) is 6.26 Å². The van der Waals surface area contributed by atoms with E-state index in [4.69, 9.17) is 0 Å². The predicted octanol–water partition coefficient (Wildman–Crippen LogP) is 4.47. The lowest BCUT2D eigenvalue weighted by Gasteiger charge is -1.98. The van der Waals surface area contributed by atoms with E-state index >= 15 is 0 Å². The molecular weight excluding hydrogens is 188 g/mol. The second-order valence-electron chi connectivity index (χ2n) is 3.81. The van der Waals surface area contributed by atoms with E-state index in [1.54, 1.807) is 11.8 Å². The van der Waals surface area contributed by atoms with Gasteiger partial charge in [0.1, 0.15) is 0 Å². The second-order valence-corrected chi connectivity index (χ2v) is 4.68. The maximum atomic E-state index is 2.25. The predicted molar refractivity (Wildman–Crippen MR) is 66.7 cm³/mol. The van der Waals surface area contributed by atoms with Gasteiger partial charge in [0, 0.05) is 4.90 Å². The van der Waals surface area contributed by atoms with E-state index in [1.165, 1.54) is 10.5 Å². The van der Waals surface area contributed by atoms with E-state index in [2.05, 4.69) is 56.5 Å². The lowest BCUT2D eigenvalue weighted by Crippen LogP contribution is -1.81. The van der Waals surface area contributed by atoms with Gasteiger partial charge in [-0.2, -0.15) is 0 Å². The summed E-state index contributed by atoms with van der Waals surface area (Å²) in [5.74, 6) is 0.747. The first-order valence-electron chi connectivity index (χ1n) is 5.03. The van der Waals surface area contributed by atoms with Gasteiger partial charge in [0.2, 0.25) is 0 Å². The molecule has 0 unspecified atom stereocenters. The van der Waals surface area contributed by atoms with Crippen molar-refractivity contribution in [3.63, 3.8) is 0 Å². The summed E-state index contributed by atoms with van der Waals surface area (Å²) in [5.41, 5.74) is 1.29. The van der Waals surface area contributed by atoms with Crippen molar-refractivity contribution in [2.45, 2.75) is 25.2 Å². The molecule has 0 aliphatic heterocycles. The van der Waals surface area contributed by atoms with Crippen molar-refractivity contribution in [1.82, 2.24) is 0 Å². The molecule has 0 spiro atoms. The third kappa shape index (κ3) is 4.01. The molecule has 1 heteroatoms. The Morgan fingerprint density at radius 2 is 1.86 bits per heavy atom. The molecule has 14 heavy (non-hydrogen) atoms. The van der Waals surface area contributed by atoms with Gasteiger partial charge in [0.15, 0.2) is 0 Å². The van der Waals surface area contributed by atoms with Gasteiger partial charge in [0.05, 0.1) is 0 Å². The summed E-state index contributed by atoms with van der Waals surface area (Å²) in [7, 11) is 0. The average molecular weight is 206 g/mol. The maximum Gasteiger partial charge on any atom is 0.00695 e. The third-order valence-electron chi connectivity index (χ3n) is 2.03. The molecule has 0 radical (unpaired) electrons. The van der Waals surface area contributed by atoms with E-state index in [1.807, 2.05) is 0 Å². The molecule has 76 valence electrons. The highest BCUT2D eigenvalue weighted by molar-refractivity contribution is 7.98. The first-order chi connectivity index (χ1) is 6.72. The number of thioether (sulfide) groups is 1. The Labute approximate surface area is 91.4 Å². The number of rotatable bonds is 4. The van der Waals surface area contributed by atoms with Gasteiger partial charge in [0.25, 0.3) is 0 Å². The lowest BCUT2D eigenvalue weighted by atomic mass is 10.1. The fourth-order valence-electron chi connectivity index (χ4n) is 1.19. The van der Waals surface area contributed by atoms with Crippen LogP contribution in [0.4, 0.5) is 0 Å². The molecule has 1 rings (SSSR count). The number of benzene rings is 1. The standard InChI is InChI=1S/C13H18S/c1-11(2)5-4-6-12-7-9-13(14-3)10-8-12/h4,6-11H,5H2,1-3H3/b6-4-.